The molecule has 1 heterocycles. The number of aliphatic hydroxyl groups excluding tert-OH is 1. The number of amides is 1. The lowest BCUT2D eigenvalue weighted by molar-refractivity contribution is -0.119. The molecule has 0 saturated carbocycles. The van der Waals surface area contributed by atoms with E-state index in [4.69, 9.17) is 0 Å². The van der Waals surface area contributed by atoms with E-state index in [0.29, 0.717) is 5.75 Å². The highest BCUT2D eigenvalue weighted by Crippen LogP contribution is 2.15. The molecule has 0 radical (unpaired) electrons. The number of carbonyl (C=O) groups excluding carboxylic acids is 1. The van der Waals surface area contributed by atoms with Crippen LogP contribution in [0.15, 0.2) is 35.7 Å². The summed E-state index contributed by atoms with van der Waals surface area (Å²) in [5.41, 5.74) is 1.82. The number of thioether (sulfide) groups is 1. The molecule has 0 fully saturated rings. The summed E-state index contributed by atoms with van der Waals surface area (Å²) in [7, 11) is 0. The van der Waals surface area contributed by atoms with Crippen LogP contribution in [0.1, 0.15) is 22.4 Å². The molecule has 1 aromatic carbocycles. The molecular weight excluding hydrogens is 304 g/mol. The summed E-state index contributed by atoms with van der Waals surface area (Å²) in [5.74, 6) is 1.04. The molecule has 4 nitrogen and oxygen atoms in total. The fourth-order valence-electron chi connectivity index (χ4n) is 1.78. The van der Waals surface area contributed by atoms with Crippen LogP contribution in [0.2, 0.25) is 0 Å². The van der Waals surface area contributed by atoms with Crippen molar-refractivity contribution in [1.82, 2.24) is 10.3 Å². The van der Waals surface area contributed by atoms with Gasteiger partial charge in [-0.15, -0.1) is 23.1 Å². The number of carbonyl (C=O) groups is 1. The molecule has 1 atom stereocenters. The van der Waals surface area contributed by atoms with Gasteiger partial charge in [-0.2, -0.15) is 0 Å². The molecule has 1 aromatic heterocycles. The first-order chi connectivity index (χ1) is 10.1. The summed E-state index contributed by atoms with van der Waals surface area (Å²) in [6.45, 7) is 2.20. The van der Waals surface area contributed by atoms with Gasteiger partial charge in [0.05, 0.1) is 22.6 Å². The number of hydrogen-bond acceptors (Lipinski definition) is 5. The summed E-state index contributed by atoms with van der Waals surface area (Å²) in [6.07, 6.45) is -0.665. The third-order valence-corrected chi connectivity index (χ3v) is 4.62. The lowest BCUT2D eigenvalue weighted by Crippen LogP contribution is -2.29. The number of aromatic nitrogens is 1. The smallest absolute Gasteiger partial charge is 0.230 e. The van der Waals surface area contributed by atoms with Gasteiger partial charge < -0.3 is 10.4 Å². The monoisotopic (exact) mass is 322 g/mol. The number of aliphatic hydroxyl groups is 1. The SMILES string of the molecule is Cc1nc(CSCC(=O)NCC(O)c2ccccc2)cs1. The molecule has 0 aliphatic heterocycles. The first-order valence-electron chi connectivity index (χ1n) is 6.63. The Hall–Kier alpha value is -1.37. The Morgan fingerprint density at radius 1 is 1.43 bits per heavy atom. The van der Waals surface area contributed by atoms with Crippen LogP contribution in [-0.4, -0.2) is 28.3 Å². The topological polar surface area (TPSA) is 62.2 Å². The van der Waals surface area contributed by atoms with Crippen LogP contribution in [0.25, 0.3) is 0 Å². The molecule has 112 valence electrons. The number of benzene rings is 1. The average molecular weight is 322 g/mol. The van der Waals surface area contributed by atoms with Crippen LogP contribution in [0, 0.1) is 6.92 Å². The van der Waals surface area contributed by atoms with Crippen molar-refractivity contribution in [3.8, 4) is 0 Å². The van der Waals surface area contributed by atoms with Gasteiger partial charge in [-0.1, -0.05) is 30.3 Å². The predicted octanol–water partition coefficient (Wildman–Crippen LogP) is 2.53. The van der Waals surface area contributed by atoms with Crippen LogP contribution in [0.4, 0.5) is 0 Å². The molecule has 0 spiro atoms. The number of nitrogens with one attached hydrogen (secondary N) is 1. The molecule has 2 rings (SSSR count). The van der Waals surface area contributed by atoms with Crippen LogP contribution >= 0.6 is 23.1 Å². The molecule has 0 bridgehead atoms. The summed E-state index contributed by atoms with van der Waals surface area (Å²) >= 11 is 3.14. The number of aryl methyl sites for hydroxylation is 1. The van der Waals surface area contributed by atoms with Crippen molar-refractivity contribution in [2.75, 3.05) is 12.3 Å². The Balaban J connectivity index is 1.65. The standard InChI is InChI=1S/C15H18N2O2S2/c1-11-17-13(9-21-11)8-20-10-15(19)16-7-14(18)12-5-3-2-4-6-12/h2-6,9,14,18H,7-8,10H2,1H3,(H,16,19). The number of nitrogens with zero attached hydrogens (tertiary/aromatic N) is 1. The Morgan fingerprint density at radius 2 is 2.19 bits per heavy atom. The van der Waals surface area contributed by atoms with Crippen molar-refractivity contribution < 1.29 is 9.90 Å². The van der Waals surface area contributed by atoms with Crippen molar-refractivity contribution in [3.63, 3.8) is 0 Å². The first-order valence-corrected chi connectivity index (χ1v) is 8.67. The van der Waals surface area contributed by atoms with E-state index in [9.17, 15) is 9.90 Å². The van der Waals surface area contributed by atoms with Gasteiger partial charge in [0.2, 0.25) is 5.91 Å². The molecule has 0 aliphatic rings. The van der Waals surface area contributed by atoms with E-state index in [1.54, 1.807) is 11.3 Å². The predicted molar refractivity (Wildman–Crippen MR) is 87.4 cm³/mol. The minimum Gasteiger partial charge on any atom is -0.387 e. The van der Waals surface area contributed by atoms with Crippen molar-refractivity contribution in [3.05, 3.63) is 52.0 Å². The normalized spacial score (nSPS) is 12.1. The maximum atomic E-state index is 11.7. The zero-order chi connectivity index (χ0) is 15.1. The molecule has 0 saturated heterocycles. The van der Waals surface area contributed by atoms with Gasteiger partial charge in [-0.05, 0) is 12.5 Å². The van der Waals surface area contributed by atoms with Gasteiger partial charge >= 0.3 is 0 Å². The maximum absolute atomic E-state index is 11.7. The Kier molecular flexibility index (Phi) is 6.22. The molecule has 2 aromatic rings. The molecule has 2 N–H and O–H groups in total. The zero-order valence-corrected chi connectivity index (χ0v) is 13.4. The van der Waals surface area contributed by atoms with Gasteiger partial charge in [0.15, 0.2) is 0 Å². The highest BCUT2D eigenvalue weighted by molar-refractivity contribution is 7.99. The fraction of sp³-hybridized carbons (Fsp3) is 0.333. The molecular formula is C15H18N2O2S2. The van der Waals surface area contributed by atoms with E-state index < -0.39 is 6.10 Å². The van der Waals surface area contributed by atoms with E-state index in [2.05, 4.69) is 10.3 Å². The van der Waals surface area contributed by atoms with Crippen LogP contribution in [0.3, 0.4) is 0 Å². The van der Waals surface area contributed by atoms with Gasteiger partial charge in [-0.25, -0.2) is 4.98 Å². The second kappa shape index (κ2) is 8.17. The highest BCUT2D eigenvalue weighted by atomic mass is 32.2. The van der Waals surface area contributed by atoms with Gasteiger partial charge in [0.1, 0.15) is 0 Å². The van der Waals surface area contributed by atoms with Gasteiger partial charge in [0.25, 0.3) is 0 Å². The van der Waals surface area contributed by atoms with Gasteiger partial charge in [-0.3, -0.25) is 4.79 Å². The van der Waals surface area contributed by atoms with Crippen LogP contribution in [-0.2, 0) is 10.5 Å². The number of hydrogen-bond donors (Lipinski definition) is 2. The van der Waals surface area contributed by atoms with E-state index in [1.165, 1.54) is 11.8 Å². The minimum absolute atomic E-state index is 0.0677. The molecule has 21 heavy (non-hydrogen) atoms. The molecule has 0 aliphatic carbocycles. The summed E-state index contributed by atoms with van der Waals surface area (Å²) < 4.78 is 0. The van der Waals surface area contributed by atoms with E-state index in [0.717, 1.165) is 22.0 Å². The summed E-state index contributed by atoms with van der Waals surface area (Å²) in [5, 5.41) is 15.7. The fourth-order valence-corrected chi connectivity index (χ4v) is 3.24. The van der Waals surface area contributed by atoms with Crippen molar-refractivity contribution >= 4 is 29.0 Å². The summed E-state index contributed by atoms with van der Waals surface area (Å²) in [4.78, 5) is 16.1. The third-order valence-electron chi connectivity index (χ3n) is 2.83. The lowest BCUT2D eigenvalue weighted by Gasteiger charge is -2.11. The van der Waals surface area contributed by atoms with E-state index >= 15 is 0 Å². The lowest BCUT2D eigenvalue weighted by atomic mass is 10.1. The quantitative estimate of drug-likeness (QED) is 0.822. The third kappa shape index (κ3) is 5.49. The highest BCUT2D eigenvalue weighted by Gasteiger charge is 2.09. The van der Waals surface area contributed by atoms with Crippen LogP contribution < -0.4 is 5.32 Å². The van der Waals surface area contributed by atoms with E-state index in [1.807, 2.05) is 42.6 Å². The number of thiazole rings is 1. The van der Waals surface area contributed by atoms with Crippen LogP contribution in [0.5, 0.6) is 0 Å². The maximum Gasteiger partial charge on any atom is 0.230 e. The molecule has 6 heteroatoms. The Morgan fingerprint density at radius 3 is 2.86 bits per heavy atom. The average Bonchev–Trinajstić information content (AvgIpc) is 2.91. The second-order valence-corrected chi connectivity index (χ2v) is 6.63. The Labute approximate surface area is 132 Å². The Bertz CT molecular complexity index is 572. The van der Waals surface area contributed by atoms with Gasteiger partial charge in [0, 0.05) is 17.7 Å². The van der Waals surface area contributed by atoms with Crippen molar-refractivity contribution in [2.45, 2.75) is 18.8 Å². The van der Waals surface area contributed by atoms with Crippen molar-refractivity contribution in [2.24, 2.45) is 0 Å². The van der Waals surface area contributed by atoms with Crippen molar-refractivity contribution in [1.29, 1.82) is 0 Å². The molecule has 1 amide bonds. The first kappa shape index (κ1) is 16.0. The molecule has 1 unspecified atom stereocenters. The van der Waals surface area contributed by atoms with E-state index in [-0.39, 0.29) is 12.5 Å². The number of rotatable bonds is 7. The zero-order valence-electron chi connectivity index (χ0n) is 11.8. The minimum atomic E-state index is -0.665. The second-order valence-electron chi connectivity index (χ2n) is 4.58. The summed E-state index contributed by atoms with van der Waals surface area (Å²) in [6, 6.07) is 9.32. The largest absolute Gasteiger partial charge is 0.387 e.